The highest BCUT2D eigenvalue weighted by Crippen LogP contribution is 2.23. The van der Waals surface area contributed by atoms with Crippen LogP contribution in [0.5, 0.6) is 0 Å². The second kappa shape index (κ2) is 5.22. The fourth-order valence-corrected chi connectivity index (χ4v) is 2.88. The van der Waals surface area contributed by atoms with Crippen molar-refractivity contribution in [1.29, 1.82) is 0 Å². The molecule has 0 amide bonds. The molecule has 2 rings (SSSR count). The van der Waals surface area contributed by atoms with Crippen molar-refractivity contribution in [2.45, 2.75) is 20.3 Å². The summed E-state index contributed by atoms with van der Waals surface area (Å²) in [6.45, 7) is 4.33. The van der Waals surface area contributed by atoms with E-state index in [2.05, 4.69) is 5.10 Å². The van der Waals surface area contributed by atoms with Crippen LogP contribution < -0.4 is 5.73 Å². The average Bonchev–Trinajstić information content (AvgIpc) is 2.87. The van der Waals surface area contributed by atoms with E-state index >= 15 is 0 Å². The van der Waals surface area contributed by atoms with Crippen LogP contribution in [0, 0.1) is 13.8 Å². The van der Waals surface area contributed by atoms with Gasteiger partial charge in [0.05, 0.1) is 14.9 Å². The Morgan fingerprint density at radius 1 is 1.50 bits per heavy atom. The number of thiophene rings is 1. The molecule has 0 atom stereocenters. The van der Waals surface area contributed by atoms with Gasteiger partial charge in [0.15, 0.2) is 0 Å². The summed E-state index contributed by atoms with van der Waals surface area (Å²) in [5, 5.41) is 4.29. The maximum absolute atomic E-state index is 12.3. The summed E-state index contributed by atoms with van der Waals surface area (Å²) in [6, 6.07) is 3.43. The smallest absolute Gasteiger partial charge is 0.288 e. The Bertz CT molecular complexity index is 588. The maximum atomic E-state index is 12.3. The lowest BCUT2D eigenvalue weighted by Crippen LogP contribution is -2.14. The van der Waals surface area contributed by atoms with Gasteiger partial charge < -0.3 is 5.73 Å². The lowest BCUT2D eigenvalue weighted by molar-refractivity contribution is 0.0946. The molecular formula is C12H14ClN3OS. The van der Waals surface area contributed by atoms with Crippen LogP contribution in [0.25, 0.3) is 0 Å². The number of carbonyl (C=O) groups is 1. The number of rotatable bonds is 3. The largest absolute Gasteiger partial charge is 0.330 e. The molecule has 2 N–H and O–H groups in total. The van der Waals surface area contributed by atoms with E-state index < -0.39 is 0 Å². The number of hydrogen-bond donors (Lipinski definition) is 1. The monoisotopic (exact) mass is 283 g/mol. The van der Waals surface area contributed by atoms with Crippen LogP contribution in [0.1, 0.15) is 26.6 Å². The van der Waals surface area contributed by atoms with Gasteiger partial charge in [0.2, 0.25) is 0 Å². The highest BCUT2D eigenvalue weighted by atomic mass is 35.5. The Kier molecular flexibility index (Phi) is 3.85. The van der Waals surface area contributed by atoms with Crippen molar-refractivity contribution >= 4 is 28.8 Å². The minimum atomic E-state index is -0.143. The van der Waals surface area contributed by atoms with Gasteiger partial charge in [0.1, 0.15) is 0 Å². The third-order valence-electron chi connectivity index (χ3n) is 2.81. The summed E-state index contributed by atoms with van der Waals surface area (Å²) >= 11 is 7.10. The maximum Gasteiger partial charge on any atom is 0.288 e. The van der Waals surface area contributed by atoms with Crippen LogP contribution in [0.3, 0.4) is 0 Å². The Labute approximate surface area is 114 Å². The predicted octanol–water partition coefficient (Wildman–Crippen LogP) is 2.40. The number of carbonyl (C=O) groups excluding carboxylic acids is 1. The normalized spacial score (nSPS) is 10.9. The van der Waals surface area contributed by atoms with Crippen molar-refractivity contribution in [3.8, 4) is 0 Å². The topological polar surface area (TPSA) is 60.9 Å². The van der Waals surface area contributed by atoms with Crippen molar-refractivity contribution in [2.75, 3.05) is 6.54 Å². The highest BCUT2D eigenvalue weighted by Gasteiger charge is 2.18. The predicted molar refractivity (Wildman–Crippen MR) is 73.5 cm³/mol. The molecule has 0 saturated heterocycles. The SMILES string of the molecule is Cc1nn(C(=O)c2ccc(Cl)s2)c(C)c1CCN. The lowest BCUT2D eigenvalue weighted by Gasteiger charge is -2.01. The molecule has 0 saturated carbocycles. The van der Waals surface area contributed by atoms with Gasteiger partial charge in [-0.3, -0.25) is 4.79 Å². The van der Waals surface area contributed by atoms with Crippen molar-refractivity contribution in [3.63, 3.8) is 0 Å². The second-order valence-corrected chi connectivity index (χ2v) is 5.72. The molecule has 0 fully saturated rings. The zero-order chi connectivity index (χ0) is 13.3. The lowest BCUT2D eigenvalue weighted by atomic mass is 10.1. The Balaban J connectivity index is 2.40. The van der Waals surface area contributed by atoms with Crippen LogP contribution >= 0.6 is 22.9 Å². The number of nitrogens with two attached hydrogens (primary N) is 1. The van der Waals surface area contributed by atoms with Crippen molar-refractivity contribution in [2.24, 2.45) is 5.73 Å². The summed E-state index contributed by atoms with van der Waals surface area (Å²) in [7, 11) is 0. The zero-order valence-electron chi connectivity index (χ0n) is 10.2. The first kappa shape index (κ1) is 13.3. The van der Waals surface area contributed by atoms with E-state index in [1.807, 2.05) is 13.8 Å². The van der Waals surface area contributed by atoms with Crippen molar-refractivity contribution in [1.82, 2.24) is 9.78 Å². The third-order valence-corrected chi connectivity index (χ3v) is 4.03. The molecule has 0 radical (unpaired) electrons. The van der Waals surface area contributed by atoms with E-state index in [9.17, 15) is 4.79 Å². The van der Waals surface area contributed by atoms with Crippen LogP contribution in [0.15, 0.2) is 12.1 Å². The molecule has 2 heterocycles. The first-order valence-electron chi connectivity index (χ1n) is 5.59. The van der Waals surface area contributed by atoms with Gasteiger partial charge in [-0.2, -0.15) is 9.78 Å². The van der Waals surface area contributed by atoms with Crippen LogP contribution in [-0.2, 0) is 6.42 Å². The molecule has 4 nitrogen and oxygen atoms in total. The van der Waals surface area contributed by atoms with Crippen LogP contribution in [0.2, 0.25) is 4.34 Å². The minimum absolute atomic E-state index is 0.143. The fourth-order valence-electron chi connectivity index (χ4n) is 1.91. The number of nitrogens with zero attached hydrogens (tertiary/aromatic N) is 2. The number of aryl methyl sites for hydroxylation is 1. The van der Waals surface area contributed by atoms with Gasteiger partial charge in [-0.05, 0) is 44.5 Å². The summed E-state index contributed by atoms with van der Waals surface area (Å²) in [6.07, 6.45) is 0.732. The summed E-state index contributed by atoms with van der Waals surface area (Å²) in [4.78, 5) is 12.9. The highest BCUT2D eigenvalue weighted by molar-refractivity contribution is 7.18. The molecule has 2 aromatic heterocycles. The molecule has 96 valence electrons. The van der Waals surface area contributed by atoms with E-state index in [0.717, 1.165) is 23.4 Å². The van der Waals surface area contributed by atoms with Crippen molar-refractivity contribution < 1.29 is 4.79 Å². The quantitative estimate of drug-likeness (QED) is 0.941. The van der Waals surface area contributed by atoms with E-state index in [1.165, 1.54) is 16.0 Å². The summed E-state index contributed by atoms with van der Waals surface area (Å²) < 4.78 is 2.03. The Hall–Kier alpha value is -1.17. The van der Waals surface area contributed by atoms with Gasteiger partial charge in [-0.25, -0.2) is 0 Å². The molecule has 18 heavy (non-hydrogen) atoms. The Morgan fingerprint density at radius 3 is 2.78 bits per heavy atom. The van der Waals surface area contributed by atoms with Gasteiger partial charge in [-0.1, -0.05) is 11.6 Å². The summed E-state index contributed by atoms with van der Waals surface area (Å²) in [5.74, 6) is -0.143. The van der Waals surface area contributed by atoms with Gasteiger partial charge in [0, 0.05) is 5.69 Å². The minimum Gasteiger partial charge on any atom is -0.330 e. The Morgan fingerprint density at radius 2 is 2.22 bits per heavy atom. The molecule has 0 bridgehead atoms. The average molecular weight is 284 g/mol. The van der Waals surface area contributed by atoms with E-state index in [-0.39, 0.29) is 5.91 Å². The molecule has 0 unspecified atom stereocenters. The third kappa shape index (κ3) is 2.34. The van der Waals surface area contributed by atoms with E-state index in [0.29, 0.717) is 15.8 Å². The zero-order valence-corrected chi connectivity index (χ0v) is 11.8. The molecule has 6 heteroatoms. The molecule has 0 aliphatic heterocycles. The molecule has 0 spiro atoms. The molecular weight excluding hydrogens is 270 g/mol. The molecule has 0 aliphatic carbocycles. The van der Waals surface area contributed by atoms with Gasteiger partial charge >= 0.3 is 0 Å². The second-order valence-electron chi connectivity index (χ2n) is 4.01. The fraction of sp³-hybridized carbons (Fsp3) is 0.333. The van der Waals surface area contributed by atoms with Crippen LogP contribution in [0.4, 0.5) is 0 Å². The van der Waals surface area contributed by atoms with Gasteiger partial charge in [-0.15, -0.1) is 11.3 Å². The number of aromatic nitrogens is 2. The van der Waals surface area contributed by atoms with Gasteiger partial charge in [0.25, 0.3) is 5.91 Å². The molecule has 0 aliphatic rings. The molecule has 2 aromatic rings. The summed E-state index contributed by atoms with van der Waals surface area (Å²) in [5.41, 5.74) is 8.32. The standard InChI is InChI=1S/C12H14ClN3OS/c1-7-9(5-6-14)8(2)16(15-7)12(17)10-3-4-11(13)18-10/h3-4H,5-6,14H2,1-2H3. The van der Waals surface area contributed by atoms with Crippen molar-refractivity contribution in [3.05, 3.63) is 38.3 Å². The van der Waals surface area contributed by atoms with E-state index in [4.69, 9.17) is 17.3 Å². The number of hydrogen-bond acceptors (Lipinski definition) is 4. The van der Waals surface area contributed by atoms with E-state index in [1.54, 1.807) is 12.1 Å². The van der Waals surface area contributed by atoms with Crippen LogP contribution in [-0.4, -0.2) is 22.2 Å². The first-order valence-corrected chi connectivity index (χ1v) is 6.79. The first-order chi connectivity index (χ1) is 8.54. The molecule has 0 aromatic carbocycles. The number of halogens is 1.